The Morgan fingerprint density at radius 1 is 1.20 bits per heavy atom. The average molecular weight is 274 g/mol. The van der Waals surface area contributed by atoms with E-state index in [2.05, 4.69) is 12.7 Å². The molecule has 0 aliphatic carbocycles. The summed E-state index contributed by atoms with van der Waals surface area (Å²) in [5, 5.41) is 9.72. The summed E-state index contributed by atoms with van der Waals surface area (Å²) in [5.41, 5.74) is 0.504. The number of aliphatic hydroxyl groups excluding tert-OH is 1. The third kappa shape index (κ3) is 6.90. The summed E-state index contributed by atoms with van der Waals surface area (Å²) in [6.07, 6.45) is 8.68. The van der Waals surface area contributed by atoms with Gasteiger partial charge in [-0.2, -0.15) is 0 Å². The van der Waals surface area contributed by atoms with Gasteiger partial charge in [-0.3, -0.25) is 0 Å². The lowest BCUT2D eigenvalue weighted by Gasteiger charge is -2.10. The monoisotopic (exact) mass is 274 g/mol. The summed E-state index contributed by atoms with van der Waals surface area (Å²) in [6, 6.07) is 8.78. The summed E-state index contributed by atoms with van der Waals surface area (Å²) in [5.74, 6) is -0.397. The van der Waals surface area contributed by atoms with E-state index >= 15 is 0 Å². The minimum absolute atomic E-state index is 0.0359. The van der Waals surface area contributed by atoms with Gasteiger partial charge in [0.05, 0.1) is 11.7 Å². The van der Waals surface area contributed by atoms with Gasteiger partial charge in [0.25, 0.3) is 0 Å². The minimum atomic E-state index is -0.619. The lowest BCUT2D eigenvalue weighted by atomic mass is 10.2. The molecule has 0 unspecified atom stereocenters. The molecule has 0 amide bonds. The zero-order valence-corrected chi connectivity index (χ0v) is 11.7. The van der Waals surface area contributed by atoms with E-state index in [0.717, 1.165) is 19.3 Å². The number of hydrogen-bond acceptors (Lipinski definition) is 3. The largest absolute Gasteiger partial charge is 0.459 e. The molecule has 20 heavy (non-hydrogen) atoms. The van der Waals surface area contributed by atoms with Crippen LogP contribution in [0, 0.1) is 0 Å². The van der Waals surface area contributed by atoms with Crippen molar-refractivity contribution >= 4 is 5.97 Å². The predicted octanol–water partition coefficient (Wildman–Crippen LogP) is 3.51. The topological polar surface area (TPSA) is 46.5 Å². The van der Waals surface area contributed by atoms with E-state index in [1.807, 2.05) is 18.2 Å². The third-order valence-corrected chi connectivity index (χ3v) is 2.79. The molecular formula is C17H22O3. The Balaban J connectivity index is 2.16. The number of unbranched alkanes of at least 4 members (excludes halogenated alkanes) is 1. The Kier molecular flexibility index (Phi) is 8.08. The van der Waals surface area contributed by atoms with Gasteiger partial charge < -0.3 is 9.84 Å². The molecule has 0 bridgehead atoms. The van der Waals surface area contributed by atoms with Crippen LogP contribution in [0.2, 0.25) is 0 Å². The number of benzene rings is 1. The van der Waals surface area contributed by atoms with Gasteiger partial charge in [0.2, 0.25) is 0 Å². The maximum atomic E-state index is 11.6. The van der Waals surface area contributed by atoms with Crippen molar-refractivity contribution in [2.24, 2.45) is 0 Å². The van der Waals surface area contributed by atoms with Gasteiger partial charge in [-0.05, 0) is 37.8 Å². The van der Waals surface area contributed by atoms with E-state index < -0.39 is 12.1 Å². The number of esters is 1. The number of hydrogen-bond donors (Lipinski definition) is 1. The molecule has 3 nitrogen and oxygen atoms in total. The maximum absolute atomic E-state index is 11.6. The van der Waals surface area contributed by atoms with Crippen LogP contribution < -0.4 is 0 Å². The first-order valence-electron chi connectivity index (χ1n) is 6.90. The van der Waals surface area contributed by atoms with Crippen molar-refractivity contribution in [2.75, 3.05) is 6.61 Å². The summed E-state index contributed by atoms with van der Waals surface area (Å²) in [7, 11) is 0. The zero-order chi connectivity index (χ0) is 14.6. The number of allylic oxidation sites excluding steroid dienone is 3. The van der Waals surface area contributed by atoms with Crippen LogP contribution in [0.15, 0.2) is 55.1 Å². The first kappa shape index (κ1) is 16.2. The Bertz CT molecular complexity index is 423. The van der Waals surface area contributed by atoms with Crippen LogP contribution in [-0.4, -0.2) is 23.8 Å². The summed E-state index contributed by atoms with van der Waals surface area (Å²) >= 11 is 0. The van der Waals surface area contributed by atoms with E-state index in [9.17, 15) is 9.90 Å². The lowest BCUT2D eigenvalue weighted by molar-refractivity contribution is 0.0241. The number of carbonyl (C=O) groups is 1. The molecule has 0 aliphatic rings. The maximum Gasteiger partial charge on any atom is 0.338 e. The lowest BCUT2D eigenvalue weighted by Crippen LogP contribution is -2.18. The molecule has 0 heterocycles. The van der Waals surface area contributed by atoms with Crippen LogP contribution in [0.1, 0.15) is 36.0 Å². The minimum Gasteiger partial charge on any atom is -0.459 e. The van der Waals surface area contributed by atoms with Crippen molar-refractivity contribution in [2.45, 2.75) is 31.8 Å². The third-order valence-electron chi connectivity index (χ3n) is 2.79. The zero-order valence-electron chi connectivity index (χ0n) is 11.7. The predicted molar refractivity (Wildman–Crippen MR) is 80.5 cm³/mol. The highest BCUT2D eigenvalue weighted by Crippen LogP contribution is 2.04. The fourth-order valence-electron chi connectivity index (χ4n) is 1.65. The van der Waals surface area contributed by atoms with Gasteiger partial charge in [-0.25, -0.2) is 4.79 Å². The van der Waals surface area contributed by atoms with Crippen LogP contribution >= 0.6 is 0 Å². The Morgan fingerprint density at radius 3 is 2.60 bits per heavy atom. The second-order valence-electron chi connectivity index (χ2n) is 4.53. The molecule has 0 aliphatic heterocycles. The van der Waals surface area contributed by atoms with Crippen molar-refractivity contribution in [3.8, 4) is 0 Å². The molecule has 0 aromatic heterocycles. The summed E-state index contributed by atoms with van der Waals surface area (Å²) < 4.78 is 5.06. The summed E-state index contributed by atoms with van der Waals surface area (Å²) in [6.45, 7) is 3.69. The van der Waals surface area contributed by atoms with Crippen LogP contribution in [-0.2, 0) is 4.74 Å². The molecule has 108 valence electrons. The molecule has 0 radical (unpaired) electrons. The molecule has 1 N–H and O–H groups in total. The van der Waals surface area contributed by atoms with Gasteiger partial charge in [0, 0.05) is 0 Å². The molecule has 0 saturated carbocycles. The molecule has 1 aromatic rings. The highest BCUT2D eigenvalue weighted by atomic mass is 16.5. The van der Waals surface area contributed by atoms with Gasteiger partial charge in [0.15, 0.2) is 0 Å². The molecule has 0 fully saturated rings. The fraction of sp³-hybridized carbons (Fsp3) is 0.353. The van der Waals surface area contributed by atoms with Gasteiger partial charge in [-0.15, -0.1) is 6.58 Å². The van der Waals surface area contributed by atoms with Crippen LogP contribution in [0.25, 0.3) is 0 Å². The fourth-order valence-corrected chi connectivity index (χ4v) is 1.65. The first-order valence-corrected chi connectivity index (χ1v) is 6.90. The number of aliphatic hydroxyl groups is 1. The standard InChI is InChI=1S/C17H22O3/c1-2-3-4-5-6-10-13-16(18)14-20-17(19)15-11-8-7-9-12-15/h2,5-9,11-12,16,18H,1,3-4,10,13-14H2/b6-5+/t16-/m1/s1. The van der Waals surface area contributed by atoms with Crippen LogP contribution in [0.3, 0.4) is 0 Å². The number of rotatable bonds is 9. The van der Waals surface area contributed by atoms with Crippen molar-refractivity contribution in [3.63, 3.8) is 0 Å². The molecule has 1 rings (SSSR count). The van der Waals surface area contributed by atoms with Gasteiger partial charge >= 0.3 is 5.97 Å². The second kappa shape index (κ2) is 9.98. The smallest absolute Gasteiger partial charge is 0.338 e. The SMILES string of the molecule is C=CCC/C=C/CC[C@@H](O)COC(=O)c1ccccc1. The van der Waals surface area contributed by atoms with Crippen molar-refractivity contribution in [1.29, 1.82) is 0 Å². The Hall–Kier alpha value is -1.87. The molecule has 3 heteroatoms. The van der Waals surface area contributed by atoms with Crippen LogP contribution in [0.4, 0.5) is 0 Å². The second-order valence-corrected chi connectivity index (χ2v) is 4.53. The van der Waals surface area contributed by atoms with E-state index in [0.29, 0.717) is 12.0 Å². The number of carbonyl (C=O) groups excluding carboxylic acids is 1. The quantitative estimate of drug-likeness (QED) is 0.426. The van der Waals surface area contributed by atoms with Gasteiger partial charge in [0.1, 0.15) is 6.61 Å². The molecular weight excluding hydrogens is 252 g/mol. The number of ether oxygens (including phenoxy) is 1. The van der Waals surface area contributed by atoms with Crippen molar-refractivity contribution in [1.82, 2.24) is 0 Å². The molecule has 1 atom stereocenters. The highest BCUT2D eigenvalue weighted by molar-refractivity contribution is 5.89. The van der Waals surface area contributed by atoms with Gasteiger partial charge in [-0.1, -0.05) is 36.4 Å². The Labute approximate surface area is 120 Å². The van der Waals surface area contributed by atoms with E-state index in [4.69, 9.17) is 4.74 Å². The van der Waals surface area contributed by atoms with E-state index in [1.54, 1.807) is 24.3 Å². The van der Waals surface area contributed by atoms with Crippen molar-refractivity contribution in [3.05, 3.63) is 60.7 Å². The van der Waals surface area contributed by atoms with E-state index in [1.165, 1.54) is 0 Å². The normalized spacial score (nSPS) is 12.2. The Morgan fingerprint density at radius 2 is 1.90 bits per heavy atom. The highest BCUT2D eigenvalue weighted by Gasteiger charge is 2.09. The average Bonchev–Trinajstić information content (AvgIpc) is 2.49. The van der Waals surface area contributed by atoms with Crippen molar-refractivity contribution < 1.29 is 14.6 Å². The van der Waals surface area contributed by atoms with E-state index in [-0.39, 0.29) is 6.61 Å². The molecule has 1 aromatic carbocycles. The molecule has 0 spiro atoms. The first-order chi connectivity index (χ1) is 9.74. The van der Waals surface area contributed by atoms with Crippen LogP contribution in [0.5, 0.6) is 0 Å². The summed E-state index contributed by atoms with van der Waals surface area (Å²) in [4.78, 5) is 11.6. The molecule has 0 saturated heterocycles.